The molecule has 0 aliphatic carbocycles. The summed E-state index contributed by atoms with van der Waals surface area (Å²) in [5, 5.41) is 15.3. The first-order valence-corrected chi connectivity index (χ1v) is 15.5. The lowest BCUT2D eigenvalue weighted by Crippen LogP contribution is -1.99. The SMILES string of the molecule is N#Cc1cccc(-n2c3ccccc3c3ccccc32)c1-c1cccc(-c2cccc(-n3c4ccccc4c4ccccc43)c2)c1. The second-order valence-electron chi connectivity index (χ2n) is 11.7. The highest BCUT2D eigenvalue weighted by molar-refractivity contribution is 6.10. The largest absolute Gasteiger partial charge is 0.309 e. The average Bonchev–Trinajstić information content (AvgIpc) is 3.64. The highest BCUT2D eigenvalue weighted by Crippen LogP contribution is 2.39. The zero-order valence-electron chi connectivity index (χ0n) is 24.9. The molecule has 0 saturated heterocycles. The molecule has 0 atom stereocenters. The molecule has 2 aromatic heterocycles. The Morgan fingerprint density at radius 2 is 0.848 bits per heavy atom. The maximum Gasteiger partial charge on any atom is 0.0998 e. The first kappa shape index (κ1) is 26.1. The fourth-order valence-corrected chi connectivity index (χ4v) is 7.18. The van der Waals surface area contributed by atoms with Gasteiger partial charge in [0.25, 0.3) is 0 Å². The van der Waals surface area contributed by atoms with Gasteiger partial charge in [-0.1, -0.05) is 109 Å². The number of para-hydroxylation sites is 4. The minimum absolute atomic E-state index is 0.649. The molecule has 7 aromatic carbocycles. The molecule has 0 fully saturated rings. The van der Waals surface area contributed by atoms with Gasteiger partial charge in [-0.05, 0) is 71.3 Å². The Hall–Kier alpha value is -6.37. The third-order valence-corrected chi connectivity index (χ3v) is 9.15. The third kappa shape index (κ3) is 3.91. The van der Waals surface area contributed by atoms with Crippen LogP contribution >= 0.6 is 0 Å². The minimum atomic E-state index is 0.649. The van der Waals surface area contributed by atoms with Crippen LogP contribution in [0.2, 0.25) is 0 Å². The predicted octanol–water partition coefficient (Wildman–Crippen LogP) is 11.1. The first-order valence-electron chi connectivity index (χ1n) is 15.5. The van der Waals surface area contributed by atoms with Crippen LogP contribution in [0.3, 0.4) is 0 Å². The van der Waals surface area contributed by atoms with Gasteiger partial charge in [0.2, 0.25) is 0 Å². The van der Waals surface area contributed by atoms with Gasteiger partial charge in [-0.25, -0.2) is 0 Å². The van der Waals surface area contributed by atoms with Gasteiger partial charge in [0.15, 0.2) is 0 Å². The van der Waals surface area contributed by atoms with Crippen molar-refractivity contribution >= 4 is 43.6 Å². The summed E-state index contributed by atoms with van der Waals surface area (Å²) in [6.07, 6.45) is 0. The summed E-state index contributed by atoms with van der Waals surface area (Å²) in [7, 11) is 0. The molecule has 2 heterocycles. The molecular weight excluding hydrogens is 558 g/mol. The Bertz CT molecular complexity index is 2560. The molecule has 0 aliphatic heterocycles. The zero-order valence-corrected chi connectivity index (χ0v) is 24.9. The summed E-state index contributed by atoms with van der Waals surface area (Å²) < 4.78 is 4.65. The van der Waals surface area contributed by atoms with Crippen molar-refractivity contribution in [1.82, 2.24) is 9.13 Å². The summed E-state index contributed by atoms with van der Waals surface area (Å²) in [5.74, 6) is 0. The molecule has 3 nitrogen and oxygen atoms in total. The van der Waals surface area contributed by atoms with E-state index in [1.807, 2.05) is 12.1 Å². The van der Waals surface area contributed by atoms with Gasteiger partial charge in [0.05, 0.1) is 39.4 Å². The molecule has 0 radical (unpaired) electrons. The zero-order chi connectivity index (χ0) is 30.6. The van der Waals surface area contributed by atoms with Crippen LogP contribution in [0.1, 0.15) is 5.56 Å². The Balaban J connectivity index is 1.23. The van der Waals surface area contributed by atoms with Crippen molar-refractivity contribution in [2.75, 3.05) is 0 Å². The van der Waals surface area contributed by atoms with Crippen molar-refractivity contribution in [1.29, 1.82) is 5.26 Å². The molecule has 0 unspecified atom stereocenters. The van der Waals surface area contributed by atoms with E-state index in [-0.39, 0.29) is 0 Å². The number of nitrogens with zero attached hydrogens (tertiary/aromatic N) is 3. The Morgan fingerprint density at radius 3 is 1.41 bits per heavy atom. The van der Waals surface area contributed by atoms with Gasteiger partial charge in [0, 0.05) is 32.8 Å². The van der Waals surface area contributed by atoms with E-state index in [9.17, 15) is 5.26 Å². The molecule has 0 bridgehead atoms. The molecule has 214 valence electrons. The number of benzene rings is 7. The fraction of sp³-hybridized carbons (Fsp3) is 0. The number of hydrogen-bond donors (Lipinski definition) is 0. The standard InChI is InChI=1S/C43H27N3/c44-28-32-15-11-25-42(46-40-23-7-3-19-36(40)37-20-4-8-24-41(37)46)43(32)31-14-9-12-29(26-31)30-13-10-16-33(27-30)45-38-21-5-1-17-34(38)35-18-2-6-22-39(35)45/h1-27H. The van der Waals surface area contributed by atoms with Crippen molar-refractivity contribution in [3.8, 4) is 39.7 Å². The second kappa shape index (κ2) is 10.4. The molecule has 3 heteroatoms. The van der Waals surface area contributed by atoms with E-state index in [1.54, 1.807) is 0 Å². The summed E-state index contributed by atoms with van der Waals surface area (Å²) in [6.45, 7) is 0. The van der Waals surface area contributed by atoms with Crippen molar-refractivity contribution < 1.29 is 0 Å². The topological polar surface area (TPSA) is 33.6 Å². The van der Waals surface area contributed by atoms with Gasteiger partial charge in [0.1, 0.15) is 0 Å². The molecule has 0 aliphatic rings. The van der Waals surface area contributed by atoms with Crippen LogP contribution in [0.4, 0.5) is 0 Å². The van der Waals surface area contributed by atoms with Gasteiger partial charge < -0.3 is 9.13 Å². The number of rotatable bonds is 4. The minimum Gasteiger partial charge on any atom is -0.309 e. The molecule has 0 saturated carbocycles. The summed E-state index contributed by atoms with van der Waals surface area (Å²) in [6, 6.07) is 60.1. The first-order chi connectivity index (χ1) is 22.8. The molecule has 46 heavy (non-hydrogen) atoms. The van der Waals surface area contributed by atoms with Crippen LogP contribution in [0.5, 0.6) is 0 Å². The fourth-order valence-electron chi connectivity index (χ4n) is 7.18. The van der Waals surface area contributed by atoms with Gasteiger partial charge in [-0.2, -0.15) is 5.26 Å². The van der Waals surface area contributed by atoms with Crippen LogP contribution < -0.4 is 0 Å². The molecule has 9 aromatic rings. The highest BCUT2D eigenvalue weighted by Gasteiger charge is 2.18. The maximum atomic E-state index is 10.4. The second-order valence-corrected chi connectivity index (χ2v) is 11.7. The lowest BCUT2D eigenvalue weighted by molar-refractivity contribution is 1.18. The van der Waals surface area contributed by atoms with Crippen LogP contribution in [0, 0.1) is 11.3 Å². The number of aromatic nitrogens is 2. The molecule has 0 N–H and O–H groups in total. The van der Waals surface area contributed by atoms with E-state index in [4.69, 9.17) is 0 Å². The lowest BCUT2D eigenvalue weighted by Gasteiger charge is -2.16. The molecule has 0 amide bonds. The highest BCUT2D eigenvalue weighted by atomic mass is 15.0. The monoisotopic (exact) mass is 585 g/mol. The van der Waals surface area contributed by atoms with Gasteiger partial charge >= 0.3 is 0 Å². The third-order valence-electron chi connectivity index (χ3n) is 9.15. The smallest absolute Gasteiger partial charge is 0.0998 e. The number of nitriles is 1. The van der Waals surface area contributed by atoms with Crippen LogP contribution in [0.15, 0.2) is 164 Å². The number of fused-ring (bicyclic) bond motifs is 6. The molecule has 9 rings (SSSR count). The van der Waals surface area contributed by atoms with Crippen molar-refractivity contribution in [2.24, 2.45) is 0 Å². The van der Waals surface area contributed by atoms with Crippen LogP contribution in [0.25, 0.3) is 77.2 Å². The van der Waals surface area contributed by atoms with Crippen molar-refractivity contribution in [2.45, 2.75) is 0 Å². The summed E-state index contributed by atoms with van der Waals surface area (Å²) >= 11 is 0. The van der Waals surface area contributed by atoms with E-state index in [0.717, 1.165) is 44.7 Å². The maximum absolute atomic E-state index is 10.4. The van der Waals surface area contributed by atoms with Crippen molar-refractivity contribution in [3.05, 3.63) is 169 Å². The van der Waals surface area contributed by atoms with Crippen LogP contribution in [-0.2, 0) is 0 Å². The van der Waals surface area contributed by atoms with E-state index < -0.39 is 0 Å². The molecular formula is C43H27N3. The summed E-state index contributed by atoms with van der Waals surface area (Å²) in [5.41, 5.74) is 11.5. The normalized spacial score (nSPS) is 11.5. The van der Waals surface area contributed by atoms with Gasteiger partial charge in [-0.15, -0.1) is 0 Å². The average molecular weight is 586 g/mol. The Labute approximate surface area is 266 Å². The van der Waals surface area contributed by atoms with Crippen molar-refractivity contribution in [3.63, 3.8) is 0 Å². The molecule has 0 spiro atoms. The Kier molecular flexibility index (Phi) is 5.88. The van der Waals surface area contributed by atoms with Crippen LogP contribution in [-0.4, -0.2) is 9.13 Å². The van der Waals surface area contributed by atoms with E-state index in [0.29, 0.717) is 5.56 Å². The lowest BCUT2D eigenvalue weighted by atomic mass is 9.94. The quantitative estimate of drug-likeness (QED) is 0.202. The Morgan fingerprint density at radius 1 is 0.391 bits per heavy atom. The van der Waals surface area contributed by atoms with E-state index >= 15 is 0 Å². The van der Waals surface area contributed by atoms with Gasteiger partial charge in [-0.3, -0.25) is 0 Å². The van der Waals surface area contributed by atoms with E-state index in [1.165, 1.54) is 32.6 Å². The van der Waals surface area contributed by atoms with E-state index in [2.05, 4.69) is 167 Å². The summed E-state index contributed by atoms with van der Waals surface area (Å²) in [4.78, 5) is 0. The number of hydrogen-bond acceptors (Lipinski definition) is 1. The predicted molar refractivity (Wildman–Crippen MR) is 191 cm³/mol.